The first-order chi connectivity index (χ1) is 11.1. The number of ether oxygens (including phenoxy) is 1. The summed E-state index contributed by atoms with van der Waals surface area (Å²) in [5.41, 5.74) is 6.97. The van der Waals surface area contributed by atoms with Gasteiger partial charge in [0.25, 0.3) is 0 Å². The number of benzene rings is 1. The van der Waals surface area contributed by atoms with Crippen LogP contribution in [0.5, 0.6) is 5.75 Å². The van der Waals surface area contributed by atoms with Crippen LogP contribution in [0, 0.1) is 11.8 Å². The summed E-state index contributed by atoms with van der Waals surface area (Å²) in [6.45, 7) is 8.46. The van der Waals surface area contributed by atoms with Crippen molar-refractivity contribution in [2.24, 2.45) is 17.6 Å². The number of rotatable bonds is 6. The fraction of sp³-hybridized carbons (Fsp3) is 0.684. The van der Waals surface area contributed by atoms with Gasteiger partial charge in [-0.15, -0.1) is 0 Å². The maximum Gasteiger partial charge on any atom is 0.516 e. The summed E-state index contributed by atoms with van der Waals surface area (Å²) in [5, 5.41) is -0.647. The molecule has 3 unspecified atom stereocenters. The van der Waals surface area contributed by atoms with Gasteiger partial charge in [-0.3, -0.25) is 0 Å². The summed E-state index contributed by atoms with van der Waals surface area (Å²) in [7, 11) is -2.29. The SMILES string of the molecule is CC1CCCC(C)C1(COc1ccc(CC(C)(C)N)cc1)[P+](=O)O. The minimum Gasteiger partial charge on any atom is -0.488 e. The standard InChI is InChI=1S/C19H30NO3P/c1-14-6-5-7-15(2)19(14,24(21)22)13-23-17-10-8-16(9-11-17)12-18(3,4)20/h8-11,14-15H,5-7,12-13,20H2,1-4H3/p+1. The summed E-state index contributed by atoms with van der Waals surface area (Å²) in [5.74, 6) is 1.12. The van der Waals surface area contributed by atoms with Crippen molar-refractivity contribution in [1.29, 1.82) is 0 Å². The molecule has 0 radical (unpaired) electrons. The van der Waals surface area contributed by atoms with Gasteiger partial charge in [0.2, 0.25) is 5.16 Å². The van der Waals surface area contributed by atoms with Crippen LogP contribution in [0.1, 0.15) is 52.5 Å². The summed E-state index contributed by atoms with van der Waals surface area (Å²) in [4.78, 5) is 10.0. The highest BCUT2D eigenvalue weighted by Crippen LogP contribution is 2.53. The second-order valence-electron chi connectivity index (χ2n) is 8.10. The van der Waals surface area contributed by atoms with Crippen molar-refractivity contribution in [3.05, 3.63) is 29.8 Å². The fourth-order valence-electron chi connectivity index (χ4n) is 3.86. The third-order valence-corrected chi connectivity index (χ3v) is 7.11. The van der Waals surface area contributed by atoms with Gasteiger partial charge in [0, 0.05) is 17.4 Å². The zero-order valence-corrected chi connectivity index (χ0v) is 16.2. The van der Waals surface area contributed by atoms with Crippen molar-refractivity contribution < 1.29 is 14.2 Å². The molecule has 2 rings (SSSR count). The van der Waals surface area contributed by atoms with Crippen LogP contribution in [0.3, 0.4) is 0 Å². The average Bonchev–Trinajstić information content (AvgIpc) is 2.47. The molecule has 1 aromatic rings. The van der Waals surface area contributed by atoms with E-state index in [0.29, 0.717) is 6.61 Å². The molecule has 1 fully saturated rings. The molecule has 4 nitrogen and oxygen atoms in total. The molecular weight excluding hydrogens is 321 g/mol. The van der Waals surface area contributed by atoms with E-state index in [1.54, 1.807) is 0 Å². The van der Waals surface area contributed by atoms with Gasteiger partial charge in [0.15, 0.2) is 0 Å². The second-order valence-corrected chi connectivity index (χ2v) is 9.47. The molecule has 3 N–H and O–H groups in total. The molecule has 0 spiro atoms. The predicted molar refractivity (Wildman–Crippen MR) is 98.6 cm³/mol. The van der Waals surface area contributed by atoms with Crippen LogP contribution in [0.4, 0.5) is 0 Å². The Hall–Kier alpha value is -0.960. The van der Waals surface area contributed by atoms with E-state index in [2.05, 4.69) is 13.8 Å². The lowest BCUT2D eigenvalue weighted by atomic mass is 9.73. The quantitative estimate of drug-likeness (QED) is 0.750. The Morgan fingerprint density at radius 3 is 2.25 bits per heavy atom. The first kappa shape index (κ1) is 19.4. The van der Waals surface area contributed by atoms with Crippen LogP contribution in [0.15, 0.2) is 24.3 Å². The fourth-order valence-corrected chi connectivity index (χ4v) is 5.05. The van der Waals surface area contributed by atoms with Crippen LogP contribution < -0.4 is 10.5 Å². The van der Waals surface area contributed by atoms with Crippen LogP contribution in [0.25, 0.3) is 0 Å². The Balaban J connectivity index is 2.08. The molecule has 3 atom stereocenters. The van der Waals surface area contributed by atoms with Crippen molar-refractivity contribution in [2.75, 3.05) is 6.61 Å². The largest absolute Gasteiger partial charge is 0.516 e. The van der Waals surface area contributed by atoms with Gasteiger partial charge in [-0.1, -0.05) is 32.4 Å². The van der Waals surface area contributed by atoms with E-state index in [9.17, 15) is 9.46 Å². The molecule has 1 aliphatic carbocycles. The van der Waals surface area contributed by atoms with Gasteiger partial charge in [0.05, 0.1) is 0 Å². The van der Waals surface area contributed by atoms with E-state index in [0.717, 1.165) is 37.0 Å². The van der Waals surface area contributed by atoms with E-state index in [-0.39, 0.29) is 17.4 Å². The topological polar surface area (TPSA) is 72.5 Å². The average molecular weight is 352 g/mol. The van der Waals surface area contributed by atoms with E-state index < -0.39 is 13.2 Å². The van der Waals surface area contributed by atoms with E-state index >= 15 is 0 Å². The maximum absolute atomic E-state index is 12.2. The lowest BCUT2D eigenvalue weighted by Gasteiger charge is -2.37. The lowest BCUT2D eigenvalue weighted by molar-refractivity contribution is 0.126. The molecule has 5 heteroatoms. The molecule has 0 aliphatic heterocycles. The molecule has 0 amide bonds. The Labute approximate surface area is 146 Å². The monoisotopic (exact) mass is 352 g/mol. The van der Waals surface area contributed by atoms with Crippen molar-refractivity contribution in [2.45, 2.75) is 64.1 Å². The highest BCUT2D eigenvalue weighted by Gasteiger charge is 2.59. The molecule has 0 heterocycles. The van der Waals surface area contributed by atoms with Crippen LogP contribution in [-0.4, -0.2) is 22.2 Å². The van der Waals surface area contributed by atoms with E-state index in [4.69, 9.17) is 10.5 Å². The Morgan fingerprint density at radius 2 is 1.79 bits per heavy atom. The van der Waals surface area contributed by atoms with Crippen LogP contribution in [-0.2, 0) is 11.0 Å². The minimum absolute atomic E-state index is 0.187. The molecule has 1 aliphatic rings. The predicted octanol–water partition coefficient (Wildman–Crippen LogP) is 4.27. The Bertz CT molecular complexity index is 555. The molecule has 0 aromatic heterocycles. The van der Waals surface area contributed by atoms with Crippen molar-refractivity contribution >= 4 is 8.03 Å². The zero-order valence-electron chi connectivity index (χ0n) is 15.3. The summed E-state index contributed by atoms with van der Waals surface area (Å²) >= 11 is 0. The van der Waals surface area contributed by atoms with Crippen molar-refractivity contribution in [3.63, 3.8) is 0 Å². The second kappa shape index (κ2) is 7.51. The third-order valence-electron chi connectivity index (χ3n) is 5.39. The Morgan fingerprint density at radius 1 is 1.25 bits per heavy atom. The highest BCUT2D eigenvalue weighted by molar-refractivity contribution is 7.40. The first-order valence-electron chi connectivity index (χ1n) is 8.82. The molecule has 134 valence electrons. The van der Waals surface area contributed by atoms with Crippen LogP contribution in [0.2, 0.25) is 0 Å². The molecular formula is C19H31NO3P+. The van der Waals surface area contributed by atoms with Crippen LogP contribution >= 0.6 is 8.03 Å². The van der Waals surface area contributed by atoms with E-state index in [1.165, 1.54) is 0 Å². The van der Waals surface area contributed by atoms with Gasteiger partial charge in [-0.25, -0.2) is 0 Å². The van der Waals surface area contributed by atoms with Gasteiger partial charge in [0.1, 0.15) is 12.4 Å². The van der Waals surface area contributed by atoms with Gasteiger partial charge < -0.3 is 10.5 Å². The highest BCUT2D eigenvalue weighted by atomic mass is 31.1. The maximum atomic E-state index is 12.2. The van der Waals surface area contributed by atoms with Gasteiger partial charge in [-0.05, 0) is 55.4 Å². The third kappa shape index (κ3) is 4.36. The Kier molecular flexibility index (Phi) is 6.06. The van der Waals surface area contributed by atoms with E-state index in [1.807, 2.05) is 38.1 Å². The smallest absolute Gasteiger partial charge is 0.488 e. The normalized spacial score (nSPS) is 28.5. The van der Waals surface area contributed by atoms with Crippen molar-refractivity contribution in [1.82, 2.24) is 0 Å². The number of hydrogen-bond donors (Lipinski definition) is 2. The van der Waals surface area contributed by atoms with Gasteiger partial charge in [-0.2, -0.15) is 4.89 Å². The first-order valence-corrected chi connectivity index (χ1v) is 10.0. The molecule has 24 heavy (non-hydrogen) atoms. The summed E-state index contributed by atoms with van der Waals surface area (Å²) in [6, 6.07) is 7.89. The lowest BCUT2D eigenvalue weighted by Crippen LogP contribution is -2.47. The molecule has 1 aromatic carbocycles. The van der Waals surface area contributed by atoms with Gasteiger partial charge >= 0.3 is 8.03 Å². The number of hydrogen-bond acceptors (Lipinski definition) is 3. The molecule has 0 saturated heterocycles. The summed E-state index contributed by atoms with van der Waals surface area (Å²) < 4.78 is 18.1. The molecule has 0 bridgehead atoms. The zero-order chi connectivity index (χ0) is 18.0. The number of nitrogens with two attached hydrogens (primary N) is 1. The summed E-state index contributed by atoms with van der Waals surface area (Å²) in [6.07, 6.45) is 3.89. The van der Waals surface area contributed by atoms with Crippen molar-refractivity contribution in [3.8, 4) is 5.75 Å². The minimum atomic E-state index is -2.29. The molecule has 1 saturated carbocycles.